The number of benzene rings is 1. The van der Waals surface area contributed by atoms with Gasteiger partial charge in [-0.3, -0.25) is 14.3 Å². The second-order valence-electron chi connectivity index (χ2n) is 12.8. The van der Waals surface area contributed by atoms with Gasteiger partial charge in [-0.25, -0.2) is 9.18 Å². The van der Waals surface area contributed by atoms with Crippen LogP contribution >= 0.6 is 11.6 Å². The first-order valence-electron chi connectivity index (χ1n) is 15.3. The molecule has 14 heteroatoms. The monoisotopic (exact) mass is 650 g/mol. The van der Waals surface area contributed by atoms with Gasteiger partial charge < -0.3 is 35.9 Å². The Labute approximate surface area is 267 Å². The molecule has 0 aliphatic heterocycles. The van der Waals surface area contributed by atoms with Gasteiger partial charge in [0.05, 0.1) is 30.5 Å². The fourth-order valence-corrected chi connectivity index (χ4v) is 6.39. The zero-order valence-electron chi connectivity index (χ0n) is 26.3. The van der Waals surface area contributed by atoms with Gasteiger partial charge >= 0.3 is 6.09 Å². The fraction of sp³-hybridized carbons (Fsp3) is 0.613. The van der Waals surface area contributed by atoms with E-state index in [0.717, 1.165) is 25.7 Å². The molecule has 248 valence electrons. The van der Waals surface area contributed by atoms with Crippen molar-refractivity contribution in [3.8, 4) is 0 Å². The van der Waals surface area contributed by atoms with Crippen molar-refractivity contribution in [3.05, 3.63) is 40.3 Å². The van der Waals surface area contributed by atoms with Gasteiger partial charge in [0, 0.05) is 31.7 Å². The van der Waals surface area contributed by atoms with Gasteiger partial charge in [0.25, 0.3) is 5.91 Å². The number of ether oxygens (including phenoxy) is 3. The molecular weight excluding hydrogens is 607 g/mol. The van der Waals surface area contributed by atoms with Crippen LogP contribution in [-0.2, 0) is 26.1 Å². The molecule has 4 rings (SSSR count). The molecule has 2 aliphatic carbocycles. The summed E-state index contributed by atoms with van der Waals surface area (Å²) in [7, 11) is 1.71. The minimum Gasteiger partial charge on any atom is -0.444 e. The normalized spacial score (nSPS) is 20.9. The summed E-state index contributed by atoms with van der Waals surface area (Å²) in [6.45, 7) is 7.14. The van der Waals surface area contributed by atoms with Crippen molar-refractivity contribution in [3.63, 3.8) is 0 Å². The summed E-state index contributed by atoms with van der Waals surface area (Å²) in [5, 5.41) is 12.9. The van der Waals surface area contributed by atoms with Gasteiger partial charge in [0.15, 0.2) is 0 Å². The number of carbonyl (C=O) groups excluding carboxylic acids is 3. The lowest BCUT2D eigenvalue weighted by Gasteiger charge is -2.19. The Morgan fingerprint density at radius 2 is 1.76 bits per heavy atom. The number of aromatic nitrogens is 2. The number of amides is 3. The maximum Gasteiger partial charge on any atom is 0.407 e. The number of nitrogens with one attached hydrogen (secondary N) is 3. The van der Waals surface area contributed by atoms with Crippen molar-refractivity contribution in [1.29, 1.82) is 0 Å². The molecule has 5 N–H and O–H groups in total. The Balaban J connectivity index is 1.14. The summed E-state index contributed by atoms with van der Waals surface area (Å²) < 4.78 is 31.0. The molecule has 2 aliphatic rings. The largest absolute Gasteiger partial charge is 0.444 e. The summed E-state index contributed by atoms with van der Waals surface area (Å²) in [5.74, 6) is 0.571. The highest BCUT2D eigenvalue weighted by Gasteiger charge is 2.44. The molecule has 0 spiro atoms. The van der Waals surface area contributed by atoms with Crippen molar-refractivity contribution in [1.82, 2.24) is 20.4 Å². The highest BCUT2D eigenvalue weighted by Crippen LogP contribution is 2.52. The Morgan fingerprint density at radius 1 is 1.07 bits per heavy atom. The van der Waals surface area contributed by atoms with Gasteiger partial charge in [-0.15, -0.1) is 0 Å². The number of halogens is 2. The topological polar surface area (TPSA) is 159 Å². The number of hydrogen-bond donors (Lipinski definition) is 4. The van der Waals surface area contributed by atoms with Gasteiger partial charge in [-0.05, 0) is 82.4 Å². The SMILES string of the molecule is Cn1nc(C2CC3CC(CNC(=O)COCCOCCNC(=O)OC(C)(C)C)CC3C2)c(C(=O)Nc2ccc(F)c(Cl)c2)c1N. The van der Waals surface area contributed by atoms with E-state index in [0.29, 0.717) is 61.0 Å². The molecule has 2 saturated carbocycles. The predicted molar refractivity (Wildman–Crippen MR) is 168 cm³/mol. The molecule has 2 fully saturated rings. The molecule has 2 unspecified atom stereocenters. The van der Waals surface area contributed by atoms with Crippen LogP contribution in [-0.4, -0.2) is 72.8 Å². The van der Waals surface area contributed by atoms with Crippen LogP contribution in [0, 0.1) is 23.6 Å². The van der Waals surface area contributed by atoms with Crippen molar-refractivity contribution in [2.75, 3.05) is 50.6 Å². The average molecular weight is 651 g/mol. The predicted octanol–water partition coefficient (Wildman–Crippen LogP) is 4.24. The zero-order valence-corrected chi connectivity index (χ0v) is 27.0. The number of hydrogen-bond acceptors (Lipinski definition) is 8. The first kappa shape index (κ1) is 34.5. The minimum absolute atomic E-state index is 0.0444. The van der Waals surface area contributed by atoms with Crippen molar-refractivity contribution < 1.29 is 33.0 Å². The first-order chi connectivity index (χ1) is 21.3. The van der Waals surface area contributed by atoms with Crippen LogP contribution in [0.15, 0.2) is 18.2 Å². The number of nitrogens with zero attached hydrogens (tertiary/aromatic N) is 2. The fourth-order valence-electron chi connectivity index (χ4n) is 6.21. The lowest BCUT2D eigenvalue weighted by Crippen LogP contribution is -2.34. The number of anilines is 2. The number of fused-ring (bicyclic) bond motifs is 1. The van der Waals surface area contributed by atoms with E-state index in [1.165, 1.54) is 22.9 Å². The molecule has 0 saturated heterocycles. The molecule has 45 heavy (non-hydrogen) atoms. The molecule has 0 radical (unpaired) electrons. The van der Waals surface area contributed by atoms with Crippen LogP contribution in [0.5, 0.6) is 0 Å². The second kappa shape index (κ2) is 15.2. The van der Waals surface area contributed by atoms with E-state index >= 15 is 0 Å². The number of aryl methyl sites for hydroxylation is 1. The molecule has 2 aromatic rings. The van der Waals surface area contributed by atoms with Gasteiger partial charge in [0.1, 0.15) is 29.4 Å². The molecular formula is C31H44ClFN6O6. The van der Waals surface area contributed by atoms with Crippen LogP contribution in [0.3, 0.4) is 0 Å². The third kappa shape index (κ3) is 9.78. The van der Waals surface area contributed by atoms with E-state index in [4.69, 9.17) is 31.5 Å². The molecule has 1 aromatic carbocycles. The lowest BCUT2D eigenvalue weighted by atomic mass is 9.93. The highest BCUT2D eigenvalue weighted by molar-refractivity contribution is 6.31. The van der Waals surface area contributed by atoms with Crippen LogP contribution in [0.25, 0.3) is 0 Å². The van der Waals surface area contributed by atoms with E-state index in [1.54, 1.807) is 27.8 Å². The van der Waals surface area contributed by atoms with E-state index < -0.39 is 23.4 Å². The van der Waals surface area contributed by atoms with E-state index in [2.05, 4.69) is 21.0 Å². The summed E-state index contributed by atoms with van der Waals surface area (Å²) in [6, 6.07) is 4.00. The summed E-state index contributed by atoms with van der Waals surface area (Å²) >= 11 is 5.87. The maximum atomic E-state index is 13.6. The molecule has 3 amide bonds. The smallest absolute Gasteiger partial charge is 0.407 e. The van der Waals surface area contributed by atoms with Crippen LogP contribution in [0.4, 0.5) is 20.7 Å². The standard InChI is InChI=1S/C31H44ClFN6O6/c1-31(2,3)45-30(42)35-7-8-43-9-10-44-17-25(40)36-16-18-11-19-13-21(14-20(19)12-18)27-26(28(34)39(4)38-27)29(41)37-22-5-6-24(33)23(32)15-22/h5-6,15,18-21H,7-14,16-17,34H2,1-4H3,(H,35,42)(H,36,40)(H,37,41). The maximum absolute atomic E-state index is 13.6. The Bertz CT molecular complexity index is 1350. The number of alkyl carbamates (subject to hydrolysis) is 1. The Kier molecular flexibility index (Phi) is 11.7. The van der Waals surface area contributed by atoms with Gasteiger partial charge in [0.2, 0.25) is 5.91 Å². The van der Waals surface area contributed by atoms with E-state index in [9.17, 15) is 18.8 Å². The summed E-state index contributed by atoms with van der Waals surface area (Å²) in [4.78, 5) is 37.1. The zero-order chi connectivity index (χ0) is 32.7. The number of nitrogens with two attached hydrogens (primary N) is 1. The molecule has 2 atom stereocenters. The molecule has 1 heterocycles. The van der Waals surface area contributed by atoms with Crippen LogP contribution in [0.1, 0.15) is 68.4 Å². The third-order valence-corrected chi connectivity index (χ3v) is 8.42. The van der Waals surface area contributed by atoms with Gasteiger partial charge in [-0.2, -0.15) is 5.10 Å². The molecule has 1 aromatic heterocycles. The number of rotatable bonds is 13. The minimum atomic E-state index is -0.565. The summed E-state index contributed by atoms with van der Waals surface area (Å²) in [6.07, 6.45) is 3.28. The van der Waals surface area contributed by atoms with Gasteiger partial charge in [-0.1, -0.05) is 11.6 Å². The Morgan fingerprint density at radius 3 is 2.42 bits per heavy atom. The van der Waals surface area contributed by atoms with Crippen molar-refractivity contribution >= 4 is 41.0 Å². The highest BCUT2D eigenvalue weighted by atomic mass is 35.5. The number of nitrogen functional groups attached to an aromatic ring is 1. The van der Waals surface area contributed by atoms with E-state index in [1.807, 2.05) is 0 Å². The average Bonchev–Trinajstić information content (AvgIpc) is 3.61. The Hall–Kier alpha value is -3.42. The number of carbonyl (C=O) groups is 3. The van der Waals surface area contributed by atoms with Crippen molar-refractivity contribution in [2.45, 2.75) is 58.0 Å². The quantitative estimate of drug-likeness (QED) is 0.234. The molecule has 12 nitrogen and oxygen atoms in total. The second-order valence-corrected chi connectivity index (χ2v) is 13.2. The first-order valence-corrected chi connectivity index (χ1v) is 15.7. The molecule has 0 bridgehead atoms. The van der Waals surface area contributed by atoms with E-state index in [-0.39, 0.29) is 35.9 Å². The lowest BCUT2D eigenvalue weighted by molar-refractivity contribution is -0.126. The van der Waals surface area contributed by atoms with Crippen LogP contribution < -0.4 is 21.7 Å². The van der Waals surface area contributed by atoms with Crippen molar-refractivity contribution in [2.24, 2.45) is 24.8 Å². The third-order valence-electron chi connectivity index (χ3n) is 8.13. The van der Waals surface area contributed by atoms with Crippen LogP contribution in [0.2, 0.25) is 5.02 Å². The summed E-state index contributed by atoms with van der Waals surface area (Å²) in [5.41, 5.74) is 7.11.